The number of nitriles is 1. The molecule has 20 heavy (non-hydrogen) atoms. The lowest BCUT2D eigenvalue weighted by Gasteiger charge is -2.14. The predicted octanol–water partition coefficient (Wildman–Crippen LogP) is 3.63. The molecule has 0 spiro atoms. The zero-order chi connectivity index (χ0) is 14.4. The first-order chi connectivity index (χ1) is 9.61. The van der Waals surface area contributed by atoms with Gasteiger partial charge in [0.05, 0.1) is 12.7 Å². The Hall–Kier alpha value is -2.05. The summed E-state index contributed by atoms with van der Waals surface area (Å²) in [5, 5.41) is 11.2. The van der Waals surface area contributed by atoms with E-state index in [0.717, 1.165) is 18.6 Å². The average Bonchev–Trinajstić information content (AvgIpc) is 2.46. The van der Waals surface area contributed by atoms with Crippen LogP contribution in [0.1, 0.15) is 26.2 Å². The van der Waals surface area contributed by atoms with E-state index in [9.17, 15) is 0 Å². The largest absolute Gasteiger partial charge is 0.494 e. The summed E-state index contributed by atoms with van der Waals surface area (Å²) >= 11 is 0. The van der Waals surface area contributed by atoms with E-state index in [1.165, 1.54) is 10.8 Å². The minimum atomic E-state index is -0.719. The highest BCUT2D eigenvalue weighted by atomic mass is 16.5. The van der Waals surface area contributed by atoms with Gasteiger partial charge in [-0.15, -0.1) is 0 Å². The molecule has 0 aliphatic carbocycles. The Kier molecular flexibility index (Phi) is 4.60. The van der Waals surface area contributed by atoms with Crippen molar-refractivity contribution in [3.8, 4) is 11.8 Å². The van der Waals surface area contributed by atoms with Crippen molar-refractivity contribution < 1.29 is 4.74 Å². The lowest BCUT2D eigenvalue weighted by atomic mass is 9.98. The van der Waals surface area contributed by atoms with Crippen LogP contribution in [0.3, 0.4) is 0 Å². The maximum atomic E-state index is 8.82. The van der Waals surface area contributed by atoms with Crippen LogP contribution in [0.5, 0.6) is 5.75 Å². The molecule has 0 saturated heterocycles. The third kappa shape index (κ3) is 3.97. The van der Waals surface area contributed by atoms with E-state index in [1.807, 2.05) is 18.2 Å². The lowest BCUT2D eigenvalue weighted by molar-refractivity contribution is 0.301. The van der Waals surface area contributed by atoms with Crippen molar-refractivity contribution in [3.63, 3.8) is 0 Å². The van der Waals surface area contributed by atoms with Gasteiger partial charge in [-0.05, 0) is 49.1 Å². The molecule has 0 aliphatic heterocycles. The van der Waals surface area contributed by atoms with E-state index in [1.54, 1.807) is 6.92 Å². The summed E-state index contributed by atoms with van der Waals surface area (Å²) in [6.45, 7) is 2.41. The lowest BCUT2D eigenvalue weighted by Crippen LogP contribution is -2.33. The number of rotatable bonds is 6. The van der Waals surface area contributed by atoms with Crippen molar-refractivity contribution in [1.29, 1.82) is 5.26 Å². The van der Waals surface area contributed by atoms with Crippen LogP contribution in [0.25, 0.3) is 10.8 Å². The Balaban J connectivity index is 1.80. The number of hydrogen-bond donors (Lipinski definition) is 1. The Morgan fingerprint density at radius 2 is 1.90 bits per heavy atom. The summed E-state index contributed by atoms with van der Waals surface area (Å²) in [4.78, 5) is 0. The Bertz CT molecular complexity index is 614. The van der Waals surface area contributed by atoms with Gasteiger partial charge in [0.25, 0.3) is 0 Å². The van der Waals surface area contributed by atoms with Crippen LogP contribution in [0.2, 0.25) is 0 Å². The molecule has 0 aliphatic rings. The van der Waals surface area contributed by atoms with Crippen LogP contribution < -0.4 is 10.5 Å². The molecule has 0 saturated carbocycles. The van der Waals surface area contributed by atoms with Crippen LogP contribution in [-0.4, -0.2) is 12.1 Å². The summed E-state index contributed by atoms with van der Waals surface area (Å²) in [7, 11) is 0. The molecule has 0 amide bonds. The summed E-state index contributed by atoms with van der Waals surface area (Å²) in [5.41, 5.74) is 5.05. The molecule has 0 aromatic heterocycles. The first kappa shape index (κ1) is 14.4. The van der Waals surface area contributed by atoms with Crippen LogP contribution in [-0.2, 0) is 0 Å². The Morgan fingerprint density at radius 3 is 2.65 bits per heavy atom. The second kappa shape index (κ2) is 6.40. The fraction of sp³-hybridized carbons (Fsp3) is 0.353. The fourth-order valence-electron chi connectivity index (χ4n) is 2.10. The molecule has 1 unspecified atom stereocenters. The monoisotopic (exact) mass is 268 g/mol. The summed E-state index contributed by atoms with van der Waals surface area (Å²) in [6.07, 6.45) is 2.50. The first-order valence-corrected chi connectivity index (χ1v) is 6.92. The molecule has 0 heterocycles. The predicted molar refractivity (Wildman–Crippen MR) is 81.5 cm³/mol. The molecule has 2 rings (SSSR count). The zero-order valence-corrected chi connectivity index (χ0v) is 11.8. The van der Waals surface area contributed by atoms with Gasteiger partial charge in [0.2, 0.25) is 0 Å². The van der Waals surface area contributed by atoms with Gasteiger partial charge in [-0.3, -0.25) is 0 Å². The first-order valence-electron chi connectivity index (χ1n) is 6.92. The maximum absolute atomic E-state index is 8.82. The number of nitrogens with zero attached hydrogens (tertiary/aromatic N) is 1. The van der Waals surface area contributed by atoms with E-state index in [4.69, 9.17) is 15.7 Å². The highest BCUT2D eigenvalue weighted by Crippen LogP contribution is 2.20. The molecule has 1 atom stereocenters. The number of hydrogen-bond acceptors (Lipinski definition) is 3. The molecule has 0 fully saturated rings. The number of unbranched alkanes of at least 4 members (excludes halogenated alkanes) is 1. The van der Waals surface area contributed by atoms with Crippen molar-refractivity contribution in [2.24, 2.45) is 5.73 Å². The van der Waals surface area contributed by atoms with Crippen LogP contribution >= 0.6 is 0 Å². The average molecular weight is 268 g/mol. The summed E-state index contributed by atoms with van der Waals surface area (Å²) < 4.78 is 5.74. The van der Waals surface area contributed by atoms with Crippen molar-refractivity contribution >= 4 is 10.8 Å². The molecular formula is C17H20N2O. The minimum Gasteiger partial charge on any atom is -0.494 e. The van der Waals surface area contributed by atoms with Gasteiger partial charge in [0.15, 0.2) is 0 Å². The van der Waals surface area contributed by atoms with E-state index < -0.39 is 5.54 Å². The van der Waals surface area contributed by atoms with Crippen LogP contribution in [0.15, 0.2) is 42.5 Å². The van der Waals surface area contributed by atoms with Gasteiger partial charge in [-0.2, -0.15) is 5.26 Å². The molecule has 0 radical (unpaired) electrons. The second-order valence-electron chi connectivity index (χ2n) is 5.34. The van der Waals surface area contributed by atoms with Gasteiger partial charge in [0.1, 0.15) is 11.3 Å². The SMILES string of the molecule is CC(N)(C#N)CCCCOc1ccc2ccccc2c1. The highest BCUT2D eigenvalue weighted by molar-refractivity contribution is 5.83. The summed E-state index contributed by atoms with van der Waals surface area (Å²) in [5.74, 6) is 0.888. The Morgan fingerprint density at radius 1 is 1.15 bits per heavy atom. The van der Waals surface area contributed by atoms with Gasteiger partial charge in [0, 0.05) is 0 Å². The number of ether oxygens (including phenoxy) is 1. The topological polar surface area (TPSA) is 59.0 Å². The normalized spacial score (nSPS) is 13.7. The quantitative estimate of drug-likeness (QED) is 0.814. The molecule has 2 aromatic carbocycles. The fourth-order valence-corrected chi connectivity index (χ4v) is 2.10. The molecule has 104 valence electrons. The molecular weight excluding hydrogens is 248 g/mol. The van der Waals surface area contributed by atoms with Crippen molar-refractivity contribution in [1.82, 2.24) is 0 Å². The maximum Gasteiger partial charge on any atom is 0.119 e. The third-order valence-electron chi connectivity index (χ3n) is 3.34. The summed E-state index contributed by atoms with van der Waals surface area (Å²) in [6, 6.07) is 16.4. The van der Waals surface area contributed by atoms with E-state index in [0.29, 0.717) is 13.0 Å². The standard InChI is InChI=1S/C17H20N2O/c1-17(19,13-18)10-4-5-11-20-16-9-8-14-6-2-3-7-15(14)12-16/h2-3,6-9,12H,4-5,10-11,19H2,1H3. The van der Waals surface area contributed by atoms with E-state index in [2.05, 4.69) is 30.3 Å². The van der Waals surface area contributed by atoms with Crippen molar-refractivity contribution in [3.05, 3.63) is 42.5 Å². The zero-order valence-electron chi connectivity index (χ0n) is 11.8. The Labute approximate surface area is 120 Å². The van der Waals surface area contributed by atoms with E-state index >= 15 is 0 Å². The molecule has 3 nitrogen and oxygen atoms in total. The van der Waals surface area contributed by atoms with Gasteiger partial charge >= 0.3 is 0 Å². The molecule has 2 N–H and O–H groups in total. The van der Waals surface area contributed by atoms with Crippen LogP contribution in [0, 0.1) is 11.3 Å². The van der Waals surface area contributed by atoms with Gasteiger partial charge in [-0.25, -0.2) is 0 Å². The third-order valence-corrected chi connectivity index (χ3v) is 3.34. The smallest absolute Gasteiger partial charge is 0.119 e. The van der Waals surface area contributed by atoms with Crippen molar-refractivity contribution in [2.45, 2.75) is 31.7 Å². The molecule has 3 heteroatoms. The number of fused-ring (bicyclic) bond motifs is 1. The van der Waals surface area contributed by atoms with Crippen molar-refractivity contribution in [2.75, 3.05) is 6.61 Å². The second-order valence-corrected chi connectivity index (χ2v) is 5.34. The minimum absolute atomic E-state index is 0.653. The number of benzene rings is 2. The van der Waals surface area contributed by atoms with E-state index in [-0.39, 0.29) is 0 Å². The molecule has 0 bridgehead atoms. The molecule has 2 aromatic rings. The van der Waals surface area contributed by atoms with Crippen LogP contribution in [0.4, 0.5) is 0 Å². The van der Waals surface area contributed by atoms with Gasteiger partial charge in [-0.1, -0.05) is 30.3 Å². The highest BCUT2D eigenvalue weighted by Gasteiger charge is 2.15. The number of nitrogens with two attached hydrogens (primary N) is 1. The van der Waals surface area contributed by atoms with Gasteiger partial charge < -0.3 is 10.5 Å².